The number of benzene rings is 1. The van der Waals surface area contributed by atoms with Gasteiger partial charge in [0.05, 0.1) is 31.5 Å². The van der Waals surface area contributed by atoms with Crippen LogP contribution in [0.25, 0.3) is 0 Å². The average Bonchev–Trinajstić information content (AvgIpc) is 3.52. The molecule has 2 heterocycles. The number of nitrogens with zero attached hydrogens (tertiary/aromatic N) is 3. The van der Waals surface area contributed by atoms with E-state index < -0.39 is 0 Å². The summed E-state index contributed by atoms with van der Waals surface area (Å²) < 4.78 is 13.8. The van der Waals surface area contributed by atoms with Gasteiger partial charge < -0.3 is 20.1 Å². The van der Waals surface area contributed by atoms with Crippen molar-refractivity contribution in [3.63, 3.8) is 0 Å². The SMILES string of the molecule is CN=C(NCc1ccn(C2CCCC2)n1)NCc1ccc(C)cc1OC1CCOC1.I. The van der Waals surface area contributed by atoms with Crippen molar-refractivity contribution in [1.82, 2.24) is 20.4 Å². The normalized spacial score (nSPS) is 19.3. The summed E-state index contributed by atoms with van der Waals surface area (Å²) in [6, 6.07) is 8.99. The second-order valence-electron chi connectivity index (χ2n) is 8.22. The van der Waals surface area contributed by atoms with Crippen molar-refractivity contribution in [2.75, 3.05) is 20.3 Å². The first-order valence-electron chi connectivity index (χ1n) is 11.0. The lowest BCUT2D eigenvalue weighted by Gasteiger charge is -2.18. The van der Waals surface area contributed by atoms with E-state index in [0.717, 1.165) is 36.0 Å². The van der Waals surface area contributed by atoms with Crippen LogP contribution in [0.4, 0.5) is 0 Å². The summed E-state index contributed by atoms with van der Waals surface area (Å²) in [6.45, 7) is 4.81. The Morgan fingerprint density at radius 1 is 1.19 bits per heavy atom. The van der Waals surface area contributed by atoms with Gasteiger partial charge in [0.25, 0.3) is 0 Å². The van der Waals surface area contributed by atoms with Crippen LogP contribution in [-0.4, -0.2) is 42.1 Å². The van der Waals surface area contributed by atoms with E-state index in [-0.39, 0.29) is 30.1 Å². The minimum Gasteiger partial charge on any atom is -0.488 e. The van der Waals surface area contributed by atoms with Crippen LogP contribution in [0.5, 0.6) is 5.75 Å². The first-order valence-corrected chi connectivity index (χ1v) is 11.0. The van der Waals surface area contributed by atoms with Crippen molar-refractivity contribution in [2.24, 2.45) is 4.99 Å². The van der Waals surface area contributed by atoms with Gasteiger partial charge in [0.1, 0.15) is 11.9 Å². The first-order chi connectivity index (χ1) is 14.7. The monoisotopic (exact) mass is 539 g/mol. The predicted octanol–water partition coefficient (Wildman–Crippen LogP) is 3.96. The number of aromatic nitrogens is 2. The lowest BCUT2D eigenvalue weighted by atomic mass is 10.1. The fourth-order valence-corrected chi connectivity index (χ4v) is 4.12. The number of aliphatic imine (C=N–C) groups is 1. The highest BCUT2D eigenvalue weighted by Crippen LogP contribution is 2.28. The van der Waals surface area contributed by atoms with Crippen LogP contribution in [0.1, 0.15) is 55.0 Å². The van der Waals surface area contributed by atoms with Crippen molar-refractivity contribution in [1.29, 1.82) is 0 Å². The van der Waals surface area contributed by atoms with Crippen LogP contribution < -0.4 is 15.4 Å². The summed E-state index contributed by atoms with van der Waals surface area (Å²) in [5.41, 5.74) is 3.33. The molecule has 1 atom stereocenters. The molecule has 1 aromatic carbocycles. The van der Waals surface area contributed by atoms with E-state index in [1.807, 2.05) is 0 Å². The van der Waals surface area contributed by atoms with Gasteiger partial charge in [-0.1, -0.05) is 25.0 Å². The third-order valence-electron chi connectivity index (χ3n) is 5.87. The zero-order valence-corrected chi connectivity index (χ0v) is 20.8. The van der Waals surface area contributed by atoms with Gasteiger partial charge in [-0.05, 0) is 37.5 Å². The lowest BCUT2D eigenvalue weighted by molar-refractivity contribution is 0.140. The largest absolute Gasteiger partial charge is 0.488 e. The van der Waals surface area contributed by atoms with Gasteiger partial charge in [0.2, 0.25) is 0 Å². The van der Waals surface area contributed by atoms with E-state index in [0.29, 0.717) is 25.7 Å². The molecule has 2 fully saturated rings. The number of nitrogens with one attached hydrogen (secondary N) is 2. The van der Waals surface area contributed by atoms with Crippen molar-refractivity contribution in [3.05, 3.63) is 47.3 Å². The molecule has 2 N–H and O–H groups in total. The molecule has 1 unspecified atom stereocenters. The van der Waals surface area contributed by atoms with Gasteiger partial charge in [-0.3, -0.25) is 9.67 Å². The van der Waals surface area contributed by atoms with E-state index in [9.17, 15) is 0 Å². The fourth-order valence-electron chi connectivity index (χ4n) is 4.12. The number of ether oxygens (including phenoxy) is 2. The lowest BCUT2D eigenvalue weighted by Crippen LogP contribution is -2.36. The summed E-state index contributed by atoms with van der Waals surface area (Å²) in [6.07, 6.45) is 8.29. The zero-order valence-electron chi connectivity index (χ0n) is 18.5. The Morgan fingerprint density at radius 2 is 2.00 bits per heavy atom. The molecular weight excluding hydrogens is 505 g/mol. The van der Waals surface area contributed by atoms with Crippen LogP contribution in [0.2, 0.25) is 0 Å². The van der Waals surface area contributed by atoms with Gasteiger partial charge >= 0.3 is 0 Å². The number of rotatable bonds is 7. The van der Waals surface area contributed by atoms with E-state index >= 15 is 0 Å². The van der Waals surface area contributed by atoms with Crippen molar-refractivity contribution < 1.29 is 9.47 Å². The smallest absolute Gasteiger partial charge is 0.191 e. The number of halogens is 1. The average molecular weight is 539 g/mol. The molecule has 0 bridgehead atoms. The molecule has 0 amide bonds. The Hall–Kier alpha value is -1.81. The molecule has 2 aromatic rings. The third kappa shape index (κ3) is 6.58. The maximum atomic E-state index is 6.20. The number of hydrogen-bond acceptors (Lipinski definition) is 4. The fraction of sp³-hybridized carbons (Fsp3) is 0.565. The molecule has 170 valence electrons. The van der Waals surface area contributed by atoms with E-state index in [1.54, 1.807) is 7.05 Å². The minimum absolute atomic E-state index is 0. The van der Waals surface area contributed by atoms with Gasteiger partial charge in [0, 0.05) is 31.8 Å². The topological polar surface area (TPSA) is 72.7 Å². The number of aryl methyl sites for hydroxylation is 1. The Morgan fingerprint density at radius 3 is 2.74 bits per heavy atom. The summed E-state index contributed by atoms with van der Waals surface area (Å²) >= 11 is 0. The van der Waals surface area contributed by atoms with Crippen molar-refractivity contribution >= 4 is 29.9 Å². The Balaban J connectivity index is 0.00000272. The molecular formula is C23H34IN5O2. The molecule has 1 aliphatic heterocycles. The summed E-state index contributed by atoms with van der Waals surface area (Å²) in [7, 11) is 1.79. The van der Waals surface area contributed by atoms with Crippen LogP contribution in [0.15, 0.2) is 35.5 Å². The molecule has 1 aliphatic carbocycles. The molecule has 0 radical (unpaired) electrons. The van der Waals surface area contributed by atoms with E-state index in [1.165, 1.54) is 31.2 Å². The number of guanidine groups is 1. The van der Waals surface area contributed by atoms with Gasteiger partial charge in [-0.15, -0.1) is 24.0 Å². The maximum absolute atomic E-state index is 6.20. The maximum Gasteiger partial charge on any atom is 0.191 e. The Kier molecular flexibility index (Phi) is 9.01. The molecule has 7 nitrogen and oxygen atoms in total. The highest BCUT2D eigenvalue weighted by Gasteiger charge is 2.19. The second kappa shape index (κ2) is 11.7. The molecule has 2 aliphatic rings. The molecule has 1 saturated carbocycles. The zero-order chi connectivity index (χ0) is 20.8. The van der Waals surface area contributed by atoms with Crippen LogP contribution in [-0.2, 0) is 17.8 Å². The van der Waals surface area contributed by atoms with E-state index in [2.05, 4.69) is 57.7 Å². The Bertz CT molecular complexity index is 857. The summed E-state index contributed by atoms with van der Waals surface area (Å²) in [5, 5.41) is 11.5. The van der Waals surface area contributed by atoms with Gasteiger partial charge in [-0.25, -0.2) is 0 Å². The summed E-state index contributed by atoms with van der Waals surface area (Å²) in [4.78, 5) is 4.35. The number of hydrogen-bond donors (Lipinski definition) is 2. The van der Waals surface area contributed by atoms with Crippen LogP contribution >= 0.6 is 24.0 Å². The molecule has 1 aromatic heterocycles. The van der Waals surface area contributed by atoms with Crippen molar-refractivity contribution in [2.45, 2.75) is 64.3 Å². The van der Waals surface area contributed by atoms with Crippen LogP contribution in [0, 0.1) is 6.92 Å². The highest BCUT2D eigenvalue weighted by atomic mass is 127. The first kappa shape index (κ1) is 23.8. The standard InChI is InChI=1S/C23H33N5O2.HI/c1-17-7-8-18(22(13-17)30-21-10-12-29-16-21)14-25-23(24-2)26-15-19-9-11-28(27-19)20-5-3-4-6-20;/h7-9,11,13,20-21H,3-6,10,12,14-16H2,1-2H3,(H2,24,25,26);1H. The Labute approximate surface area is 202 Å². The predicted molar refractivity (Wildman–Crippen MR) is 133 cm³/mol. The quantitative estimate of drug-likeness (QED) is 0.317. The third-order valence-corrected chi connectivity index (χ3v) is 5.87. The van der Waals surface area contributed by atoms with Crippen LogP contribution in [0.3, 0.4) is 0 Å². The molecule has 4 rings (SSSR count). The minimum atomic E-state index is 0. The molecule has 8 heteroatoms. The second-order valence-corrected chi connectivity index (χ2v) is 8.22. The van der Waals surface area contributed by atoms with Gasteiger partial charge in [0.15, 0.2) is 5.96 Å². The molecule has 31 heavy (non-hydrogen) atoms. The van der Waals surface area contributed by atoms with E-state index in [4.69, 9.17) is 14.6 Å². The highest BCUT2D eigenvalue weighted by molar-refractivity contribution is 14.0. The molecule has 1 saturated heterocycles. The van der Waals surface area contributed by atoms with Crippen molar-refractivity contribution in [3.8, 4) is 5.75 Å². The van der Waals surface area contributed by atoms with Gasteiger partial charge in [-0.2, -0.15) is 5.10 Å². The summed E-state index contributed by atoms with van der Waals surface area (Å²) in [5.74, 6) is 1.67. The molecule has 0 spiro atoms.